The highest BCUT2D eigenvalue weighted by atomic mass is 79.9. The predicted molar refractivity (Wildman–Crippen MR) is 171 cm³/mol. The summed E-state index contributed by atoms with van der Waals surface area (Å²) in [6.45, 7) is 4.03. The Balaban J connectivity index is 1.61. The summed E-state index contributed by atoms with van der Waals surface area (Å²) in [5, 5.41) is 0. The summed E-state index contributed by atoms with van der Waals surface area (Å²) in [5.74, 6) is 1.52. The maximum atomic E-state index is 14.1. The third-order valence-corrected chi connectivity index (χ3v) is 8.59. The molecule has 0 radical (unpaired) electrons. The van der Waals surface area contributed by atoms with E-state index in [1.165, 1.54) is 23.0 Å². The number of rotatable bonds is 10. The quantitative estimate of drug-likeness (QED) is 0.214. The van der Waals surface area contributed by atoms with Crippen LogP contribution in [0.4, 0.5) is 0 Å². The van der Waals surface area contributed by atoms with Crippen molar-refractivity contribution in [1.82, 2.24) is 4.57 Å². The van der Waals surface area contributed by atoms with Gasteiger partial charge in [-0.1, -0.05) is 47.7 Å². The number of halogens is 1. The maximum Gasteiger partial charge on any atom is 0.338 e. The van der Waals surface area contributed by atoms with Crippen LogP contribution in [-0.4, -0.2) is 38.5 Å². The molecule has 0 saturated carbocycles. The van der Waals surface area contributed by atoms with Crippen LogP contribution in [0.25, 0.3) is 6.08 Å². The van der Waals surface area contributed by atoms with E-state index < -0.39 is 12.0 Å². The summed E-state index contributed by atoms with van der Waals surface area (Å²) >= 11 is 4.84. The molecule has 4 aromatic rings. The van der Waals surface area contributed by atoms with Crippen LogP contribution in [0.5, 0.6) is 23.0 Å². The van der Waals surface area contributed by atoms with Gasteiger partial charge in [-0.25, -0.2) is 9.79 Å². The highest BCUT2D eigenvalue weighted by Crippen LogP contribution is 2.38. The highest BCUT2D eigenvalue weighted by molar-refractivity contribution is 9.10. The zero-order chi connectivity index (χ0) is 31.4. The normalized spacial score (nSPS) is 14.5. The smallest absolute Gasteiger partial charge is 0.338 e. The molecule has 0 amide bonds. The zero-order valence-corrected chi connectivity index (χ0v) is 27.3. The van der Waals surface area contributed by atoms with Gasteiger partial charge in [0.2, 0.25) is 0 Å². The number of methoxy groups -OCH3 is 3. The molecule has 5 rings (SSSR count). The van der Waals surface area contributed by atoms with Gasteiger partial charge in [0.15, 0.2) is 27.8 Å². The van der Waals surface area contributed by atoms with Crippen molar-refractivity contribution in [2.45, 2.75) is 26.5 Å². The summed E-state index contributed by atoms with van der Waals surface area (Å²) in [7, 11) is 4.65. The zero-order valence-electron chi connectivity index (χ0n) is 24.9. The molecule has 0 bridgehead atoms. The molecule has 1 unspecified atom stereocenters. The monoisotopic (exact) mass is 678 g/mol. The second kappa shape index (κ2) is 13.5. The molecule has 0 aliphatic carbocycles. The highest BCUT2D eigenvalue weighted by Gasteiger charge is 2.34. The third kappa shape index (κ3) is 6.15. The summed E-state index contributed by atoms with van der Waals surface area (Å²) in [6, 6.07) is 18.0. The largest absolute Gasteiger partial charge is 0.493 e. The molecule has 1 aliphatic heterocycles. The van der Waals surface area contributed by atoms with Crippen molar-refractivity contribution in [3.05, 3.63) is 113 Å². The van der Waals surface area contributed by atoms with Crippen LogP contribution in [0.15, 0.2) is 86.2 Å². The van der Waals surface area contributed by atoms with E-state index in [-0.39, 0.29) is 17.7 Å². The number of esters is 1. The number of carbonyl (C=O) groups excluding carboxylic acids is 1. The Morgan fingerprint density at radius 3 is 2.41 bits per heavy atom. The lowest BCUT2D eigenvalue weighted by Gasteiger charge is -2.25. The van der Waals surface area contributed by atoms with Gasteiger partial charge in [-0.05, 0) is 76.8 Å². The molecular weight excluding hydrogens is 648 g/mol. The number of thiazole rings is 1. The third-order valence-electron chi connectivity index (χ3n) is 7.02. The number of nitrogens with zero attached hydrogens (tertiary/aromatic N) is 2. The number of allylic oxidation sites excluding steroid dienone is 1. The molecule has 9 nitrogen and oxygen atoms in total. The Hall–Kier alpha value is -4.35. The van der Waals surface area contributed by atoms with E-state index >= 15 is 0 Å². The van der Waals surface area contributed by atoms with Gasteiger partial charge in [0.25, 0.3) is 5.56 Å². The van der Waals surface area contributed by atoms with Gasteiger partial charge in [0, 0.05) is 0 Å². The van der Waals surface area contributed by atoms with E-state index in [4.69, 9.17) is 23.7 Å². The fourth-order valence-corrected chi connectivity index (χ4v) is 6.59. The molecule has 0 fully saturated rings. The number of hydrogen-bond donors (Lipinski definition) is 0. The van der Waals surface area contributed by atoms with E-state index in [2.05, 4.69) is 20.9 Å². The van der Waals surface area contributed by atoms with E-state index in [1.54, 1.807) is 52.3 Å². The first kappa shape index (κ1) is 31.1. The Kier molecular flexibility index (Phi) is 9.55. The minimum atomic E-state index is -0.790. The summed E-state index contributed by atoms with van der Waals surface area (Å²) in [5.41, 5.74) is 2.84. The minimum Gasteiger partial charge on any atom is -0.493 e. The number of carbonyl (C=O) groups is 1. The van der Waals surface area contributed by atoms with Crippen LogP contribution >= 0.6 is 27.3 Å². The number of hydrogen-bond acceptors (Lipinski definition) is 9. The maximum absolute atomic E-state index is 14.1. The van der Waals surface area contributed by atoms with Crippen molar-refractivity contribution >= 4 is 39.3 Å². The molecule has 0 N–H and O–H groups in total. The Morgan fingerprint density at radius 2 is 1.73 bits per heavy atom. The second-order valence-electron chi connectivity index (χ2n) is 9.73. The topological polar surface area (TPSA) is 97.6 Å². The van der Waals surface area contributed by atoms with Crippen LogP contribution in [0, 0.1) is 0 Å². The first-order valence-electron chi connectivity index (χ1n) is 13.7. The average Bonchev–Trinajstić information content (AvgIpc) is 3.33. The summed E-state index contributed by atoms with van der Waals surface area (Å²) < 4.78 is 30.7. The molecule has 3 aromatic carbocycles. The van der Waals surface area contributed by atoms with E-state index in [0.717, 1.165) is 11.1 Å². The van der Waals surface area contributed by atoms with Crippen molar-refractivity contribution in [3.63, 3.8) is 0 Å². The number of ether oxygens (including phenoxy) is 5. The van der Waals surface area contributed by atoms with Crippen LogP contribution < -0.4 is 33.8 Å². The summed E-state index contributed by atoms with van der Waals surface area (Å²) in [6.07, 6.45) is 1.77. The van der Waals surface area contributed by atoms with Crippen LogP contribution in [-0.2, 0) is 16.1 Å². The van der Waals surface area contributed by atoms with Gasteiger partial charge < -0.3 is 23.7 Å². The van der Waals surface area contributed by atoms with Crippen LogP contribution in [0.3, 0.4) is 0 Å². The van der Waals surface area contributed by atoms with Gasteiger partial charge in [0.05, 0.1) is 54.3 Å². The molecule has 228 valence electrons. The van der Waals surface area contributed by atoms with Gasteiger partial charge in [-0.15, -0.1) is 0 Å². The SMILES string of the molecule is CCOC(=O)C1=C(C)N=c2s/c(=C\c3cc(Br)c(OCc4ccccc4)c(OC)c3)c(=O)n2C1c1ccc(OC)c(OC)c1. The van der Waals surface area contributed by atoms with Gasteiger partial charge >= 0.3 is 5.97 Å². The lowest BCUT2D eigenvalue weighted by molar-refractivity contribution is -0.139. The Bertz CT molecular complexity index is 1910. The molecule has 44 heavy (non-hydrogen) atoms. The van der Waals surface area contributed by atoms with Gasteiger partial charge in [0.1, 0.15) is 6.61 Å². The predicted octanol–water partition coefficient (Wildman–Crippen LogP) is 5.17. The molecule has 2 heterocycles. The lowest BCUT2D eigenvalue weighted by Crippen LogP contribution is -2.40. The standard InChI is InChI=1S/C33H31BrN2O7S/c1-6-42-32(38)28-19(2)35-33-36(29(28)22-12-13-24(39-3)25(17-22)40-4)31(37)27(44-33)16-21-14-23(34)30(26(15-21)41-5)43-18-20-10-8-7-9-11-20/h7-17,29H,6,18H2,1-5H3/b27-16-. The van der Waals surface area contributed by atoms with E-state index in [1.807, 2.05) is 42.5 Å². The molecule has 0 saturated heterocycles. The first-order chi connectivity index (χ1) is 21.3. The van der Waals surface area contributed by atoms with Crippen LogP contribution in [0.2, 0.25) is 0 Å². The van der Waals surface area contributed by atoms with Crippen molar-refractivity contribution in [2.24, 2.45) is 4.99 Å². The second-order valence-corrected chi connectivity index (χ2v) is 11.6. The average molecular weight is 680 g/mol. The molecule has 0 spiro atoms. The number of aromatic nitrogens is 1. The molecule has 11 heteroatoms. The molecule has 1 aromatic heterocycles. The molecule has 1 atom stereocenters. The van der Waals surface area contributed by atoms with E-state index in [0.29, 0.717) is 54.7 Å². The van der Waals surface area contributed by atoms with Gasteiger partial charge in [-0.2, -0.15) is 0 Å². The van der Waals surface area contributed by atoms with Crippen molar-refractivity contribution in [2.75, 3.05) is 27.9 Å². The van der Waals surface area contributed by atoms with E-state index in [9.17, 15) is 9.59 Å². The number of benzene rings is 3. The summed E-state index contributed by atoms with van der Waals surface area (Å²) in [4.78, 5) is 32.4. The Labute approximate surface area is 266 Å². The minimum absolute atomic E-state index is 0.181. The molecule has 1 aliphatic rings. The fraction of sp³-hybridized carbons (Fsp3) is 0.242. The Morgan fingerprint density at radius 1 is 1.00 bits per heavy atom. The van der Waals surface area contributed by atoms with Crippen molar-refractivity contribution in [1.29, 1.82) is 0 Å². The van der Waals surface area contributed by atoms with Crippen LogP contribution in [0.1, 0.15) is 36.6 Å². The van der Waals surface area contributed by atoms with Crippen molar-refractivity contribution < 1.29 is 28.5 Å². The fourth-order valence-electron chi connectivity index (χ4n) is 4.97. The molecular formula is C33H31BrN2O7S. The van der Waals surface area contributed by atoms with Gasteiger partial charge in [-0.3, -0.25) is 9.36 Å². The van der Waals surface area contributed by atoms with Crippen molar-refractivity contribution in [3.8, 4) is 23.0 Å². The first-order valence-corrected chi connectivity index (χ1v) is 15.4. The lowest BCUT2D eigenvalue weighted by atomic mass is 9.95. The number of fused-ring (bicyclic) bond motifs is 1.